The van der Waals surface area contributed by atoms with E-state index in [4.69, 9.17) is 25.9 Å². The smallest absolute Gasteiger partial charge is 0.261 e. The summed E-state index contributed by atoms with van der Waals surface area (Å²) in [5, 5.41) is 20.4. The minimum absolute atomic E-state index is 0.108. The molecule has 5 aromatic rings. The molecule has 3 heterocycles. The zero-order chi connectivity index (χ0) is 26.6. The van der Waals surface area contributed by atoms with Gasteiger partial charge in [0.1, 0.15) is 35.5 Å². The summed E-state index contributed by atoms with van der Waals surface area (Å²) in [6.07, 6.45) is 1.56. The molecule has 11 heteroatoms. The standard InChI is InChI=1S/C27H20ClN5O4S/c1-15-30-24-23(25(35)31-15)22(16-4-8-20(9-5-16)36-11-10-34)21(12-29)27(33-24)38-14-19-13-37-26(32-19)17-2-6-18(28)7-3-17/h2-9,13,34H,10-11,14H2,1H3,(H,30,31,33,35). The summed E-state index contributed by atoms with van der Waals surface area (Å²) < 4.78 is 11.1. The van der Waals surface area contributed by atoms with Crippen LogP contribution in [-0.2, 0) is 5.75 Å². The van der Waals surface area contributed by atoms with Gasteiger partial charge in [0.15, 0.2) is 5.65 Å². The van der Waals surface area contributed by atoms with Crippen molar-refractivity contribution in [2.45, 2.75) is 17.7 Å². The summed E-state index contributed by atoms with van der Waals surface area (Å²) in [6, 6.07) is 16.3. The molecule has 3 aromatic heterocycles. The third-order valence-electron chi connectivity index (χ3n) is 5.55. The lowest BCUT2D eigenvalue weighted by molar-refractivity contribution is 0.201. The highest BCUT2D eigenvalue weighted by molar-refractivity contribution is 7.98. The van der Waals surface area contributed by atoms with Gasteiger partial charge in [0.05, 0.1) is 23.3 Å². The van der Waals surface area contributed by atoms with E-state index in [0.29, 0.717) is 50.1 Å². The van der Waals surface area contributed by atoms with Crippen molar-refractivity contribution >= 4 is 34.4 Å². The average Bonchev–Trinajstić information content (AvgIpc) is 3.39. The Balaban J connectivity index is 1.54. The van der Waals surface area contributed by atoms with Crippen LogP contribution in [0.15, 0.2) is 69.0 Å². The number of aromatic amines is 1. The number of pyridine rings is 1. The van der Waals surface area contributed by atoms with E-state index in [1.165, 1.54) is 11.8 Å². The number of nitriles is 1. The second-order valence-electron chi connectivity index (χ2n) is 8.16. The Morgan fingerprint density at radius 1 is 1.11 bits per heavy atom. The van der Waals surface area contributed by atoms with Gasteiger partial charge in [-0.25, -0.2) is 15.0 Å². The summed E-state index contributed by atoms with van der Waals surface area (Å²) in [5.74, 6) is 1.80. The van der Waals surface area contributed by atoms with E-state index < -0.39 is 0 Å². The molecule has 190 valence electrons. The van der Waals surface area contributed by atoms with Gasteiger partial charge in [-0.3, -0.25) is 4.79 Å². The van der Waals surface area contributed by atoms with Crippen molar-refractivity contribution in [3.05, 3.63) is 87.3 Å². The van der Waals surface area contributed by atoms with E-state index in [2.05, 4.69) is 26.0 Å². The Labute approximate surface area is 226 Å². The van der Waals surface area contributed by atoms with E-state index in [-0.39, 0.29) is 35.4 Å². The molecule has 9 nitrogen and oxygen atoms in total. The topological polar surface area (TPSA) is 138 Å². The third-order valence-corrected chi connectivity index (χ3v) is 6.82. The van der Waals surface area contributed by atoms with Crippen LogP contribution >= 0.6 is 23.4 Å². The molecule has 0 aliphatic heterocycles. The van der Waals surface area contributed by atoms with E-state index in [9.17, 15) is 10.1 Å². The quantitative estimate of drug-likeness (QED) is 0.254. The van der Waals surface area contributed by atoms with Crippen LogP contribution in [0.25, 0.3) is 33.6 Å². The van der Waals surface area contributed by atoms with Gasteiger partial charge in [0.25, 0.3) is 5.56 Å². The molecule has 0 radical (unpaired) electrons. The molecule has 5 rings (SSSR count). The molecular formula is C27H20ClN5O4S. The van der Waals surface area contributed by atoms with Crippen LogP contribution in [0.5, 0.6) is 5.75 Å². The van der Waals surface area contributed by atoms with Crippen LogP contribution < -0.4 is 10.3 Å². The van der Waals surface area contributed by atoms with E-state index in [1.54, 1.807) is 49.6 Å². The van der Waals surface area contributed by atoms with Crippen molar-refractivity contribution in [2.75, 3.05) is 13.2 Å². The molecule has 0 saturated carbocycles. The maximum atomic E-state index is 13.0. The molecular weight excluding hydrogens is 526 g/mol. The highest BCUT2D eigenvalue weighted by Crippen LogP contribution is 2.36. The first-order valence-corrected chi connectivity index (χ1v) is 12.8. The molecule has 38 heavy (non-hydrogen) atoms. The van der Waals surface area contributed by atoms with Crippen molar-refractivity contribution in [1.82, 2.24) is 19.9 Å². The number of hydrogen-bond acceptors (Lipinski definition) is 9. The Morgan fingerprint density at radius 3 is 2.55 bits per heavy atom. The summed E-state index contributed by atoms with van der Waals surface area (Å²) in [5.41, 5.74) is 2.63. The third kappa shape index (κ3) is 5.26. The number of nitrogens with one attached hydrogen (secondary N) is 1. The lowest BCUT2D eigenvalue weighted by Crippen LogP contribution is -2.13. The molecule has 0 bridgehead atoms. The molecule has 2 aromatic carbocycles. The van der Waals surface area contributed by atoms with Crippen LogP contribution in [0, 0.1) is 18.3 Å². The molecule has 0 unspecified atom stereocenters. The first kappa shape index (κ1) is 25.5. The lowest BCUT2D eigenvalue weighted by Gasteiger charge is -2.13. The first-order chi connectivity index (χ1) is 18.5. The van der Waals surface area contributed by atoms with E-state index in [1.807, 2.05) is 12.1 Å². The number of aryl methyl sites for hydroxylation is 1. The number of fused-ring (bicyclic) bond motifs is 1. The number of rotatable bonds is 8. The molecule has 0 amide bonds. The molecule has 2 N–H and O–H groups in total. The monoisotopic (exact) mass is 545 g/mol. The van der Waals surface area contributed by atoms with Crippen molar-refractivity contribution in [1.29, 1.82) is 5.26 Å². The lowest BCUT2D eigenvalue weighted by atomic mass is 9.98. The first-order valence-electron chi connectivity index (χ1n) is 11.5. The second-order valence-corrected chi connectivity index (χ2v) is 9.57. The fraction of sp³-hybridized carbons (Fsp3) is 0.148. The highest BCUT2D eigenvalue weighted by Gasteiger charge is 2.21. The fourth-order valence-corrected chi connectivity index (χ4v) is 4.87. The van der Waals surface area contributed by atoms with Gasteiger partial charge in [-0.15, -0.1) is 0 Å². The Kier molecular flexibility index (Phi) is 7.42. The number of H-pyrrole nitrogens is 1. The molecule has 0 saturated heterocycles. The molecule has 0 aliphatic rings. The Morgan fingerprint density at radius 2 is 1.84 bits per heavy atom. The van der Waals surface area contributed by atoms with Gasteiger partial charge in [-0.2, -0.15) is 5.26 Å². The van der Waals surface area contributed by atoms with E-state index in [0.717, 1.165) is 5.56 Å². The minimum atomic E-state index is -0.382. The predicted octanol–water partition coefficient (Wildman–Crippen LogP) is 5.14. The summed E-state index contributed by atoms with van der Waals surface area (Å²) in [7, 11) is 0. The minimum Gasteiger partial charge on any atom is -0.491 e. The maximum absolute atomic E-state index is 13.0. The summed E-state index contributed by atoms with van der Waals surface area (Å²) >= 11 is 7.27. The van der Waals surface area contributed by atoms with Crippen LogP contribution in [0.4, 0.5) is 0 Å². The number of aliphatic hydroxyl groups is 1. The van der Waals surface area contributed by atoms with Gasteiger partial charge in [0.2, 0.25) is 5.89 Å². The predicted molar refractivity (Wildman–Crippen MR) is 144 cm³/mol. The fourth-order valence-electron chi connectivity index (χ4n) is 3.88. The maximum Gasteiger partial charge on any atom is 0.261 e. The molecule has 0 fully saturated rings. The normalized spacial score (nSPS) is 11.0. The van der Waals surface area contributed by atoms with Gasteiger partial charge >= 0.3 is 0 Å². The Hall–Kier alpha value is -4.17. The number of nitrogens with zero attached hydrogens (tertiary/aromatic N) is 4. The van der Waals surface area contributed by atoms with Crippen molar-refractivity contribution in [3.8, 4) is 34.4 Å². The van der Waals surface area contributed by atoms with Crippen molar-refractivity contribution in [2.24, 2.45) is 0 Å². The number of oxazole rings is 1. The van der Waals surface area contributed by atoms with Gasteiger partial charge in [-0.05, 0) is 48.9 Å². The largest absolute Gasteiger partial charge is 0.491 e. The van der Waals surface area contributed by atoms with Crippen molar-refractivity contribution in [3.63, 3.8) is 0 Å². The average molecular weight is 546 g/mol. The molecule has 0 atom stereocenters. The van der Waals surface area contributed by atoms with E-state index >= 15 is 0 Å². The molecule has 0 spiro atoms. The number of aromatic nitrogens is 4. The summed E-state index contributed by atoms with van der Waals surface area (Å²) in [4.78, 5) is 29.3. The number of aliphatic hydroxyl groups excluding tert-OH is 1. The number of halogens is 1. The Bertz CT molecular complexity index is 1710. The van der Waals surface area contributed by atoms with Gasteiger partial charge in [0, 0.05) is 21.9 Å². The number of ether oxygens (including phenoxy) is 1. The second kappa shape index (κ2) is 11.1. The van der Waals surface area contributed by atoms with Crippen LogP contribution in [0.2, 0.25) is 5.02 Å². The highest BCUT2D eigenvalue weighted by atomic mass is 35.5. The zero-order valence-corrected chi connectivity index (χ0v) is 21.6. The molecule has 0 aliphatic carbocycles. The van der Waals surface area contributed by atoms with Crippen molar-refractivity contribution < 1.29 is 14.3 Å². The number of thioether (sulfide) groups is 1. The number of benzene rings is 2. The van der Waals surface area contributed by atoms with Gasteiger partial charge < -0.3 is 19.2 Å². The van der Waals surface area contributed by atoms with Gasteiger partial charge in [-0.1, -0.05) is 35.5 Å². The number of hydrogen-bond donors (Lipinski definition) is 2. The van der Waals surface area contributed by atoms with Crippen LogP contribution in [-0.4, -0.2) is 38.3 Å². The van der Waals surface area contributed by atoms with Crippen LogP contribution in [0.1, 0.15) is 17.1 Å². The zero-order valence-electron chi connectivity index (χ0n) is 20.1. The summed E-state index contributed by atoms with van der Waals surface area (Å²) in [6.45, 7) is 1.73. The van der Waals surface area contributed by atoms with Crippen LogP contribution in [0.3, 0.4) is 0 Å². The SMILES string of the molecule is Cc1nc2nc(SCc3coc(-c4ccc(Cl)cc4)n3)c(C#N)c(-c3ccc(OCCO)cc3)c2c(=O)[nH]1.